The first-order valence-corrected chi connectivity index (χ1v) is 7.61. The van der Waals surface area contributed by atoms with Crippen LogP contribution in [0.1, 0.15) is 42.9 Å². The lowest BCUT2D eigenvalue weighted by molar-refractivity contribution is 0.470. The van der Waals surface area contributed by atoms with Crippen LogP contribution in [0.5, 0.6) is 11.5 Å². The van der Waals surface area contributed by atoms with E-state index in [2.05, 4.69) is 26.0 Å². The highest BCUT2D eigenvalue weighted by Crippen LogP contribution is 2.32. The SMILES string of the molecule is CCC(C)c1ccccc1Oc1ccc(C(N)=S)c(C)c1. The second-order valence-corrected chi connectivity index (χ2v) is 5.73. The van der Waals surface area contributed by atoms with Crippen LogP contribution in [0.25, 0.3) is 0 Å². The van der Waals surface area contributed by atoms with E-state index in [0.29, 0.717) is 10.9 Å². The molecule has 0 aliphatic heterocycles. The Labute approximate surface area is 131 Å². The van der Waals surface area contributed by atoms with E-state index in [1.54, 1.807) is 0 Å². The number of thiocarbonyl (C=S) groups is 1. The van der Waals surface area contributed by atoms with Crippen LogP contribution in [-0.2, 0) is 0 Å². The maximum Gasteiger partial charge on any atom is 0.130 e. The summed E-state index contributed by atoms with van der Waals surface area (Å²) in [5, 5.41) is 0. The van der Waals surface area contributed by atoms with E-state index in [1.807, 2.05) is 37.3 Å². The molecule has 0 amide bonds. The van der Waals surface area contributed by atoms with Gasteiger partial charge in [-0.05, 0) is 54.7 Å². The number of benzene rings is 2. The van der Waals surface area contributed by atoms with Gasteiger partial charge in [0.1, 0.15) is 16.5 Å². The summed E-state index contributed by atoms with van der Waals surface area (Å²) in [7, 11) is 0. The molecule has 21 heavy (non-hydrogen) atoms. The van der Waals surface area contributed by atoms with E-state index in [9.17, 15) is 0 Å². The Bertz CT molecular complexity index is 651. The van der Waals surface area contributed by atoms with Crippen LogP contribution < -0.4 is 10.5 Å². The van der Waals surface area contributed by atoms with Crippen LogP contribution in [0, 0.1) is 6.92 Å². The predicted octanol–water partition coefficient (Wildman–Crippen LogP) is 4.94. The zero-order valence-corrected chi connectivity index (χ0v) is 13.5. The van der Waals surface area contributed by atoms with Gasteiger partial charge in [-0.25, -0.2) is 0 Å². The van der Waals surface area contributed by atoms with Crippen molar-refractivity contribution in [3.05, 3.63) is 59.2 Å². The van der Waals surface area contributed by atoms with Crippen LogP contribution >= 0.6 is 12.2 Å². The molecule has 0 aliphatic rings. The summed E-state index contributed by atoms with van der Waals surface area (Å²) in [5.74, 6) is 2.19. The number of ether oxygens (including phenoxy) is 1. The van der Waals surface area contributed by atoms with Gasteiger partial charge in [0.05, 0.1) is 0 Å². The smallest absolute Gasteiger partial charge is 0.130 e. The van der Waals surface area contributed by atoms with Crippen LogP contribution in [0.15, 0.2) is 42.5 Å². The summed E-state index contributed by atoms with van der Waals surface area (Å²) in [6, 6.07) is 14.0. The molecule has 0 heterocycles. The van der Waals surface area contributed by atoms with Gasteiger partial charge in [-0.15, -0.1) is 0 Å². The Kier molecular flexibility index (Phi) is 4.97. The van der Waals surface area contributed by atoms with Gasteiger partial charge < -0.3 is 10.5 Å². The summed E-state index contributed by atoms with van der Waals surface area (Å²) >= 11 is 5.03. The van der Waals surface area contributed by atoms with Crippen molar-refractivity contribution >= 4 is 17.2 Å². The van der Waals surface area contributed by atoms with Crippen molar-refractivity contribution in [1.82, 2.24) is 0 Å². The summed E-state index contributed by atoms with van der Waals surface area (Å²) in [5.41, 5.74) is 8.85. The van der Waals surface area contributed by atoms with Crippen LogP contribution in [-0.4, -0.2) is 4.99 Å². The van der Waals surface area contributed by atoms with E-state index in [1.165, 1.54) is 5.56 Å². The van der Waals surface area contributed by atoms with Crippen LogP contribution in [0.3, 0.4) is 0 Å². The molecule has 0 fully saturated rings. The second-order valence-electron chi connectivity index (χ2n) is 5.29. The number of hydrogen-bond acceptors (Lipinski definition) is 2. The minimum atomic E-state index is 0.416. The molecule has 0 saturated carbocycles. The third kappa shape index (κ3) is 3.61. The van der Waals surface area contributed by atoms with Gasteiger partial charge >= 0.3 is 0 Å². The Morgan fingerprint density at radius 1 is 1.24 bits per heavy atom. The lowest BCUT2D eigenvalue weighted by Gasteiger charge is -2.16. The first-order chi connectivity index (χ1) is 10.0. The fraction of sp³-hybridized carbons (Fsp3) is 0.278. The monoisotopic (exact) mass is 299 g/mol. The van der Waals surface area contributed by atoms with Crippen LogP contribution in [0.4, 0.5) is 0 Å². The van der Waals surface area contributed by atoms with Gasteiger partial charge in [-0.3, -0.25) is 0 Å². The van der Waals surface area contributed by atoms with Crippen molar-refractivity contribution in [3.8, 4) is 11.5 Å². The molecule has 2 aromatic rings. The number of rotatable bonds is 5. The molecular formula is C18H21NOS. The summed E-state index contributed by atoms with van der Waals surface area (Å²) < 4.78 is 6.06. The first kappa shape index (κ1) is 15.5. The summed E-state index contributed by atoms with van der Waals surface area (Å²) in [6.45, 7) is 6.38. The Hall–Kier alpha value is -1.87. The van der Waals surface area contributed by atoms with Gasteiger partial charge in [0.2, 0.25) is 0 Å². The number of nitrogens with two attached hydrogens (primary N) is 1. The van der Waals surface area contributed by atoms with Crippen molar-refractivity contribution < 1.29 is 4.74 Å². The molecule has 0 saturated heterocycles. The maximum absolute atomic E-state index is 6.06. The molecule has 110 valence electrons. The largest absolute Gasteiger partial charge is 0.457 e. The molecule has 2 rings (SSSR count). The van der Waals surface area contributed by atoms with Crippen molar-refractivity contribution in [2.24, 2.45) is 5.73 Å². The molecule has 2 nitrogen and oxygen atoms in total. The molecular weight excluding hydrogens is 278 g/mol. The molecule has 0 radical (unpaired) electrons. The molecule has 0 aromatic heterocycles. The highest BCUT2D eigenvalue weighted by molar-refractivity contribution is 7.80. The highest BCUT2D eigenvalue weighted by Gasteiger charge is 2.11. The van der Waals surface area contributed by atoms with E-state index in [4.69, 9.17) is 22.7 Å². The molecule has 0 spiro atoms. The number of para-hydroxylation sites is 1. The Morgan fingerprint density at radius 3 is 2.57 bits per heavy atom. The first-order valence-electron chi connectivity index (χ1n) is 7.20. The lowest BCUT2D eigenvalue weighted by Crippen LogP contribution is -2.10. The topological polar surface area (TPSA) is 35.2 Å². The van der Waals surface area contributed by atoms with E-state index in [0.717, 1.165) is 29.0 Å². The standard InChI is InChI=1S/C18H21NOS/c1-4-12(2)15-7-5-6-8-17(15)20-14-9-10-16(18(19)21)13(3)11-14/h5-12H,4H2,1-3H3,(H2,19,21). The molecule has 2 N–H and O–H groups in total. The van der Waals surface area contributed by atoms with Crippen molar-refractivity contribution in [1.29, 1.82) is 0 Å². The zero-order valence-electron chi connectivity index (χ0n) is 12.7. The predicted molar refractivity (Wildman–Crippen MR) is 92.3 cm³/mol. The van der Waals surface area contributed by atoms with Crippen LogP contribution in [0.2, 0.25) is 0 Å². The normalized spacial score (nSPS) is 12.0. The van der Waals surface area contributed by atoms with Crippen molar-refractivity contribution in [3.63, 3.8) is 0 Å². The highest BCUT2D eigenvalue weighted by atomic mass is 32.1. The summed E-state index contributed by atoms with van der Waals surface area (Å²) in [4.78, 5) is 0.416. The van der Waals surface area contributed by atoms with E-state index < -0.39 is 0 Å². The Balaban J connectivity index is 2.31. The van der Waals surface area contributed by atoms with Gasteiger partial charge in [0.15, 0.2) is 0 Å². The molecule has 0 aliphatic carbocycles. The minimum absolute atomic E-state index is 0.416. The average Bonchev–Trinajstić information content (AvgIpc) is 2.46. The van der Waals surface area contributed by atoms with Crippen molar-refractivity contribution in [2.75, 3.05) is 0 Å². The average molecular weight is 299 g/mol. The molecule has 1 atom stereocenters. The fourth-order valence-corrected chi connectivity index (χ4v) is 2.53. The number of aryl methyl sites for hydroxylation is 1. The van der Waals surface area contributed by atoms with Gasteiger partial charge in [-0.1, -0.05) is 44.3 Å². The maximum atomic E-state index is 6.06. The second kappa shape index (κ2) is 6.72. The third-order valence-corrected chi connectivity index (χ3v) is 3.97. The van der Waals surface area contributed by atoms with Gasteiger partial charge in [0, 0.05) is 5.56 Å². The fourth-order valence-electron chi connectivity index (χ4n) is 2.30. The molecule has 3 heteroatoms. The third-order valence-electron chi connectivity index (χ3n) is 3.75. The zero-order chi connectivity index (χ0) is 15.4. The number of hydrogen-bond donors (Lipinski definition) is 1. The lowest BCUT2D eigenvalue weighted by atomic mass is 9.98. The van der Waals surface area contributed by atoms with E-state index >= 15 is 0 Å². The molecule has 0 bridgehead atoms. The van der Waals surface area contributed by atoms with E-state index in [-0.39, 0.29) is 0 Å². The summed E-state index contributed by atoms with van der Waals surface area (Å²) in [6.07, 6.45) is 1.08. The van der Waals surface area contributed by atoms with Gasteiger partial charge in [-0.2, -0.15) is 0 Å². The Morgan fingerprint density at radius 2 is 1.95 bits per heavy atom. The minimum Gasteiger partial charge on any atom is -0.457 e. The molecule has 2 aromatic carbocycles. The van der Waals surface area contributed by atoms with Crippen molar-refractivity contribution in [2.45, 2.75) is 33.1 Å². The van der Waals surface area contributed by atoms with Gasteiger partial charge in [0.25, 0.3) is 0 Å². The molecule has 1 unspecified atom stereocenters. The quantitative estimate of drug-likeness (QED) is 0.795.